The highest BCUT2D eigenvalue weighted by Crippen LogP contribution is 2.19. The molecule has 0 saturated heterocycles. The molecule has 112 valence electrons. The first-order valence-electron chi connectivity index (χ1n) is 7.11. The molecule has 0 saturated carbocycles. The minimum Gasteiger partial charge on any atom is -0.468 e. The molecule has 0 radical (unpaired) electrons. The summed E-state index contributed by atoms with van der Waals surface area (Å²) in [6, 6.07) is 7.75. The van der Waals surface area contributed by atoms with Crippen LogP contribution in [0.15, 0.2) is 42.1 Å². The lowest BCUT2D eigenvalue weighted by Crippen LogP contribution is -2.39. The minimum absolute atomic E-state index is 0.234. The molecular weight excluding hydrogens is 264 g/mol. The number of hydrogen-bond acceptors (Lipinski definition) is 3. The summed E-state index contributed by atoms with van der Waals surface area (Å²) in [6.07, 6.45) is 4.63. The van der Waals surface area contributed by atoms with Crippen molar-refractivity contribution in [1.82, 2.24) is 10.3 Å². The van der Waals surface area contributed by atoms with Gasteiger partial charge < -0.3 is 15.0 Å². The standard InChI is InChI=1S/C17H22N2O2/c1-12(2)8-9-18-16(17(20)21-3)10-13-11-19-15-7-5-4-6-14(13)15/h4-8,11,16,18-19H,9-10H2,1-3H3/t16-/m0/s1. The van der Waals surface area contributed by atoms with Crippen LogP contribution in [-0.2, 0) is 16.0 Å². The van der Waals surface area contributed by atoms with Crippen molar-refractivity contribution >= 4 is 16.9 Å². The summed E-state index contributed by atoms with van der Waals surface area (Å²) < 4.78 is 4.90. The highest BCUT2D eigenvalue weighted by atomic mass is 16.5. The molecule has 1 atom stereocenters. The molecule has 0 aliphatic heterocycles. The van der Waals surface area contributed by atoms with Gasteiger partial charge in [-0.25, -0.2) is 0 Å². The van der Waals surface area contributed by atoms with Gasteiger partial charge in [0.15, 0.2) is 0 Å². The number of benzene rings is 1. The predicted molar refractivity (Wildman–Crippen MR) is 85.2 cm³/mol. The molecule has 0 aliphatic rings. The van der Waals surface area contributed by atoms with Crippen molar-refractivity contribution in [3.8, 4) is 0 Å². The summed E-state index contributed by atoms with van der Waals surface area (Å²) >= 11 is 0. The molecule has 0 spiro atoms. The number of methoxy groups -OCH3 is 1. The number of aromatic nitrogens is 1. The fourth-order valence-corrected chi connectivity index (χ4v) is 2.31. The summed E-state index contributed by atoms with van der Waals surface area (Å²) in [5, 5.41) is 4.39. The van der Waals surface area contributed by atoms with Gasteiger partial charge in [-0.05, 0) is 25.5 Å². The van der Waals surface area contributed by atoms with Gasteiger partial charge in [0.05, 0.1) is 7.11 Å². The smallest absolute Gasteiger partial charge is 0.323 e. The van der Waals surface area contributed by atoms with E-state index in [1.54, 1.807) is 0 Å². The Kier molecular flexibility index (Phi) is 5.17. The molecule has 0 unspecified atom stereocenters. The van der Waals surface area contributed by atoms with E-state index in [-0.39, 0.29) is 12.0 Å². The van der Waals surface area contributed by atoms with Crippen LogP contribution in [0.1, 0.15) is 19.4 Å². The zero-order valence-corrected chi connectivity index (χ0v) is 12.8. The van der Waals surface area contributed by atoms with Gasteiger partial charge in [-0.2, -0.15) is 0 Å². The van der Waals surface area contributed by atoms with Crippen LogP contribution in [0.25, 0.3) is 10.9 Å². The van der Waals surface area contributed by atoms with Crippen molar-refractivity contribution in [1.29, 1.82) is 0 Å². The van der Waals surface area contributed by atoms with Gasteiger partial charge in [0.1, 0.15) is 6.04 Å². The number of H-pyrrole nitrogens is 1. The van der Waals surface area contributed by atoms with Gasteiger partial charge in [0, 0.05) is 30.1 Å². The molecule has 1 aromatic heterocycles. The number of nitrogens with one attached hydrogen (secondary N) is 2. The Morgan fingerprint density at radius 2 is 2.14 bits per heavy atom. The van der Waals surface area contributed by atoms with E-state index in [2.05, 4.69) is 22.4 Å². The van der Waals surface area contributed by atoms with E-state index in [0.717, 1.165) is 16.5 Å². The molecule has 21 heavy (non-hydrogen) atoms. The second-order valence-electron chi connectivity index (χ2n) is 5.33. The summed E-state index contributed by atoms with van der Waals surface area (Å²) in [4.78, 5) is 15.2. The molecule has 2 N–H and O–H groups in total. The normalized spacial score (nSPS) is 12.1. The fourth-order valence-electron chi connectivity index (χ4n) is 2.31. The fraction of sp³-hybridized carbons (Fsp3) is 0.353. The first kappa shape index (κ1) is 15.3. The molecule has 1 aromatic carbocycles. The molecule has 1 heterocycles. The Hall–Kier alpha value is -2.07. The lowest BCUT2D eigenvalue weighted by molar-refractivity contribution is -0.143. The maximum absolute atomic E-state index is 11.9. The summed E-state index contributed by atoms with van der Waals surface area (Å²) in [5.74, 6) is -0.234. The van der Waals surface area contributed by atoms with E-state index in [0.29, 0.717) is 13.0 Å². The molecule has 0 bridgehead atoms. The number of fused-ring (bicyclic) bond motifs is 1. The SMILES string of the molecule is COC(=O)[C@H](Cc1c[nH]c2ccccc12)NCC=C(C)C. The Morgan fingerprint density at radius 1 is 1.38 bits per heavy atom. The average Bonchev–Trinajstić information content (AvgIpc) is 2.88. The highest BCUT2D eigenvalue weighted by Gasteiger charge is 2.20. The molecule has 4 nitrogen and oxygen atoms in total. The third kappa shape index (κ3) is 3.95. The van der Waals surface area contributed by atoms with Gasteiger partial charge >= 0.3 is 5.97 Å². The second kappa shape index (κ2) is 7.09. The third-order valence-corrected chi connectivity index (χ3v) is 3.46. The van der Waals surface area contributed by atoms with E-state index >= 15 is 0 Å². The van der Waals surface area contributed by atoms with E-state index in [9.17, 15) is 4.79 Å². The van der Waals surface area contributed by atoms with Crippen LogP contribution in [0.4, 0.5) is 0 Å². The number of para-hydroxylation sites is 1. The van der Waals surface area contributed by atoms with Crippen molar-refractivity contribution in [2.45, 2.75) is 26.3 Å². The van der Waals surface area contributed by atoms with Crippen molar-refractivity contribution in [3.63, 3.8) is 0 Å². The van der Waals surface area contributed by atoms with E-state index in [4.69, 9.17) is 4.74 Å². The lowest BCUT2D eigenvalue weighted by atomic mass is 10.0. The van der Waals surface area contributed by atoms with Crippen LogP contribution in [0.2, 0.25) is 0 Å². The van der Waals surface area contributed by atoms with E-state index in [1.807, 2.05) is 38.2 Å². The van der Waals surface area contributed by atoms with Crippen LogP contribution < -0.4 is 5.32 Å². The van der Waals surface area contributed by atoms with Crippen molar-refractivity contribution < 1.29 is 9.53 Å². The molecule has 0 aliphatic carbocycles. The topological polar surface area (TPSA) is 54.1 Å². The number of aromatic amines is 1. The molecule has 0 fully saturated rings. The van der Waals surface area contributed by atoms with Crippen LogP contribution in [0.3, 0.4) is 0 Å². The van der Waals surface area contributed by atoms with Crippen molar-refractivity contribution in [2.75, 3.05) is 13.7 Å². The summed E-state index contributed by atoms with van der Waals surface area (Å²) in [7, 11) is 1.42. The summed E-state index contributed by atoms with van der Waals surface area (Å²) in [5.41, 5.74) is 3.42. The van der Waals surface area contributed by atoms with Gasteiger partial charge in [0.2, 0.25) is 0 Å². The molecular formula is C17H22N2O2. The zero-order valence-electron chi connectivity index (χ0n) is 12.8. The molecule has 4 heteroatoms. The number of rotatable bonds is 6. The number of carbonyl (C=O) groups is 1. The molecule has 2 rings (SSSR count). The average molecular weight is 286 g/mol. The Balaban J connectivity index is 2.14. The number of allylic oxidation sites excluding steroid dienone is 1. The first-order chi connectivity index (χ1) is 10.1. The van der Waals surface area contributed by atoms with E-state index in [1.165, 1.54) is 12.7 Å². The first-order valence-corrected chi connectivity index (χ1v) is 7.11. The van der Waals surface area contributed by atoms with Crippen LogP contribution >= 0.6 is 0 Å². The lowest BCUT2D eigenvalue weighted by Gasteiger charge is -2.15. The number of hydrogen-bond donors (Lipinski definition) is 2. The Bertz CT molecular complexity index is 639. The number of esters is 1. The Labute approximate surface area is 125 Å². The van der Waals surface area contributed by atoms with Crippen LogP contribution in [-0.4, -0.2) is 30.6 Å². The molecule has 2 aromatic rings. The highest BCUT2D eigenvalue weighted by molar-refractivity contribution is 5.84. The van der Waals surface area contributed by atoms with Crippen LogP contribution in [0, 0.1) is 0 Å². The van der Waals surface area contributed by atoms with Gasteiger partial charge in [-0.3, -0.25) is 4.79 Å². The largest absolute Gasteiger partial charge is 0.468 e. The minimum atomic E-state index is -0.343. The maximum Gasteiger partial charge on any atom is 0.323 e. The molecule has 0 amide bonds. The second-order valence-corrected chi connectivity index (χ2v) is 5.33. The number of ether oxygens (including phenoxy) is 1. The maximum atomic E-state index is 11.9. The third-order valence-electron chi connectivity index (χ3n) is 3.46. The van der Waals surface area contributed by atoms with Gasteiger partial charge in [-0.15, -0.1) is 0 Å². The van der Waals surface area contributed by atoms with Gasteiger partial charge in [-0.1, -0.05) is 29.8 Å². The number of carbonyl (C=O) groups excluding carboxylic acids is 1. The van der Waals surface area contributed by atoms with Gasteiger partial charge in [0.25, 0.3) is 0 Å². The quantitative estimate of drug-likeness (QED) is 0.634. The van der Waals surface area contributed by atoms with Crippen molar-refractivity contribution in [2.24, 2.45) is 0 Å². The predicted octanol–water partition coefficient (Wildman–Crippen LogP) is 2.81. The monoisotopic (exact) mass is 286 g/mol. The van der Waals surface area contributed by atoms with Crippen LogP contribution in [0.5, 0.6) is 0 Å². The van der Waals surface area contributed by atoms with Crippen molar-refractivity contribution in [3.05, 3.63) is 47.7 Å². The Morgan fingerprint density at radius 3 is 2.86 bits per heavy atom. The summed E-state index contributed by atoms with van der Waals surface area (Å²) in [6.45, 7) is 4.73. The zero-order chi connectivity index (χ0) is 15.2. The van der Waals surface area contributed by atoms with E-state index < -0.39 is 0 Å².